The molecule has 5 heteroatoms. The standard InChI is InChI=1S/C18H23N2O2P/c1-3-8-16(9-7-10-17-13-19-20-14-17)15-23(21,22-2)18-11-5-4-6-12-18/h3-6,8,10-13,20H,1,7,9,14-15H2,2H3/b16-8+,17-10-. The van der Waals surface area contributed by atoms with Crippen molar-refractivity contribution in [1.82, 2.24) is 5.43 Å². The first kappa shape index (κ1) is 17.5. The molecule has 1 aliphatic rings. The third kappa shape index (κ3) is 5.05. The number of benzene rings is 1. The van der Waals surface area contributed by atoms with Crippen LogP contribution in [0.25, 0.3) is 0 Å². The van der Waals surface area contributed by atoms with Crippen LogP contribution < -0.4 is 10.7 Å². The number of hydrogen-bond donors (Lipinski definition) is 1. The van der Waals surface area contributed by atoms with Crippen molar-refractivity contribution >= 4 is 18.9 Å². The second-order valence-corrected chi connectivity index (χ2v) is 7.87. The van der Waals surface area contributed by atoms with Gasteiger partial charge >= 0.3 is 0 Å². The first-order valence-corrected chi connectivity index (χ1v) is 9.45. The zero-order chi connectivity index (χ0) is 16.5. The summed E-state index contributed by atoms with van der Waals surface area (Å²) in [6, 6.07) is 9.40. The zero-order valence-corrected chi connectivity index (χ0v) is 14.3. The van der Waals surface area contributed by atoms with Gasteiger partial charge < -0.3 is 9.95 Å². The molecule has 1 aromatic carbocycles. The van der Waals surface area contributed by atoms with Gasteiger partial charge in [0.25, 0.3) is 0 Å². The van der Waals surface area contributed by atoms with Crippen molar-refractivity contribution in [2.24, 2.45) is 5.10 Å². The number of rotatable bonds is 8. The second kappa shape index (κ2) is 8.66. The fraction of sp³-hybridized carbons (Fsp3) is 0.278. The lowest BCUT2D eigenvalue weighted by Gasteiger charge is -2.18. The normalized spacial score (nSPS) is 18.7. The fourth-order valence-corrected chi connectivity index (χ4v) is 4.39. The fourth-order valence-electron chi connectivity index (χ4n) is 2.44. The minimum atomic E-state index is -2.88. The molecule has 0 aromatic heterocycles. The maximum absolute atomic E-state index is 13.1. The molecule has 1 heterocycles. The molecule has 0 fully saturated rings. The van der Waals surface area contributed by atoms with Gasteiger partial charge in [0.2, 0.25) is 7.37 Å². The van der Waals surface area contributed by atoms with Crippen molar-refractivity contribution in [3.8, 4) is 0 Å². The van der Waals surface area contributed by atoms with Crippen LogP contribution in [0.1, 0.15) is 12.8 Å². The topological polar surface area (TPSA) is 50.7 Å². The minimum Gasteiger partial charge on any atom is -0.328 e. The molecule has 0 aliphatic carbocycles. The third-order valence-corrected chi connectivity index (χ3v) is 6.18. The van der Waals surface area contributed by atoms with E-state index in [1.54, 1.807) is 6.08 Å². The Morgan fingerprint density at radius 1 is 1.43 bits per heavy atom. The summed E-state index contributed by atoms with van der Waals surface area (Å²) < 4.78 is 18.6. The largest absolute Gasteiger partial charge is 0.328 e. The molecule has 1 unspecified atom stereocenters. The first-order chi connectivity index (χ1) is 11.2. The van der Waals surface area contributed by atoms with Crippen molar-refractivity contribution in [2.45, 2.75) is 12.8 Å². The average molecular weight is 330 g/mol. The van der Waals surface area contributed by atoms with Crippen LogP contribution in [-0.2, 0) is 9.09 Å². The van der Waals surface area contributed by atoms with Gasteiger partial charge in [-0.3, -0.25) is 4.57 Å². The van der Waals surface area contributed by atoms with Crippen LogP contribution in [0.4, 0.5) is 0 Å². The number of nitrogens with one attached hydrogen (secondary N) is 1. The molecule has 0 radical (unpaired) electrons. The maximum atomic E-state index is 13.1. The molecule has 2 rings (SSSR count). The Morgan fingerprint density at radius 3 is 2.83 bits per heavy atom. The third-order valence-electron chi connectivity index (χ3n) is 3.69. The smallest absolute Gasteiger partial charge is 0.235 e. The molecule has 0 saturated carbocycles. The molecule has 1 N–H and O–H groups in total. The summed E-state index contributed by atoms with van der Waals surface area (Å²) in [6.07, 6.45) is 9.78. The highest BCUT2D eigenvalue weighted by molar-refractivity contribution is 7.67. The molecule has 1 aromatic rings. The van der Waals surface area contributed by atoms with E-state index in [4.69, 9.17) is 4.52 Å². The number of hydrogen-bond acceptors (Lipinski definition) is 4. The van der Waals surface area contributed by atoms with Gasteiger partial charge in [-0.15, -0.1) is 0 Å². The first-order valence-electron chi connectivity index (χ1n) is 7.64. The van der Waals surface area contributed by atoms with Crippen LogP contribution in [0.2, 0.25) is 0 Å². The van der Waals surface area contributed by atoms with Crippen LogP contribution >= 0.6 is 7.37 Å². The Morgan fingerprint density at radius 2 is 2.22 bits per heavy atom. The molecule has 4 nitrogen and oxygen atoms in total. The molecule has 1 atom stereocenters. The number of allylic oxidation sites excluding steroid dienone is 4. The molecule has 0 spiro atoms. The molecule has 0 amide bonds. The molecule has 0 saturated heterocycles. The quantitative estimate of drug-likeness (QED) is 0.585. The van der Waals surface area contributed by atoms with Crippen molar-refractivity contribution in [3.63, 3.8) is 0 Å². The van der Waals surface area contributed by atoms with Gasteiger partial charge in [-0.1, -0.05) is 48.6 Å². The predicted octanol–water partition coefficient (Wildman–Crippen LogP) is 3.64. The van der Waals surface area contributed by atoms with E-state index < -0.39 is 7.37 Å². The van der Waals surface area contributed by atoms with Crippen LogP contribution in [-0.4, -0.2) is 26.0 Å². The summed E-state index contributed by atoms with van der Waals surface area (Å²) in [4.78, 5) is 0. The SMILES string of the molecule is C=C/C=C(\CC/C=C1/C=NNC1)CP(=O)(OC)c1ccccc1. The van der Waals surface area contributed by atoms with Crippen LogP contribution in [0, 0.1) is 0 Å². The number of hydrazone groups is 1. The highest BCUT2D eigenvalue weighted by Gasteiger charge is 2.25. The van der Waals surface area contributed by atoms with Gasteiger partial charge in [0.05, 0.1) is 18.9 Å². The Bertz CT molecular complexity index is 663. The lowest BCUT2D eigenvalue weighted by molar-refractivity contribution is 0.404. The van der Waals surface area contributed by atoms with Gasteiger partial charge in [0.15, 0.2) is 0 Å². The van der Waals surface area contributed by atoms with E-state index in [2.05, 4.69) is 23.2 Å². The lowest BCUT2D eigenvalue weighted by Crippen LogP contribution is -2.10. The maximum Gasteiger partial charge on any atom is 0.235 e. The van der Waals surface area contributed by atoms with Crippen molar-refractivity contribution in [3.05, 3.63) is 66.3 Å². The van der Waals surface area contributed by atoms with Gasteiger partial charge in [-0.05, 0) is 30.5 Å². The lowest BCUT2D eigenvalue weighted by atomic mass is 10.1. The molecular formula is C18H23N2O2P. The summed E-state index contributed by atoms with van der Waals surface area (Å²) in [6.45, 7) is 4.54. The van der Waals surface area contributed by atoms with E-state index in [1.165, 1.54) is 12.7 Å². The van der Waals surface area contributed by atoms with Crippen LogP contribution in [0.5, 0.6) is 0 Å². The Labute approximate surface area is 138 Å². The Kier molecular flexibility index (Phi) is 6.57. The van der Waals surface area contributed by atoms with E-state index >= 15 is 0 Å². The average Bonchev–Trinajstić information content (AvgIpc) is 3.09. The molecule has 122 valence electrons. The minimum absolute atomic E-state index is 0.412. The second-order valence-electron chi connectivity index (χ2n) is 5.32. The predicted molar refractivity (Wildman–Crippen MR) is 97.7 cm³/mol. The summed E-state index contributed by atoms with van der Waals surface area (Å²) in [5, 5.41) is 4.73. The van der Waals surface area contributed by atoms with Gasteiger partial charge in [0.1, 0.15) is 0 Å². The van der Waals surface area contributed by atoms with Crippen LogP contribution in [0.15, 0.2) is 71.4 Å². The highest BCUT2D eigenvalue weighted by atomic mass is 31.2. The Balaban J connectivity index is 2.07. The molecule has 23 heavy (non-hydrogen) atoms. The summed E-state index contributed by atoms with van der Waals surface area (Å²) in [5.74, 6) is 0. The highest BCUT2D eigenvalue weighted by Crippen LogP contribution is 2.47. The van der Waals surface area contributed by atoms with E-state index in [-0.39, 0.29) is 0 Å². The molecular weight excluding hydrogens is 307 g/mol. The molecule has 1 aliphatic heterocycles. The van der Waals surface area contributed by atoms with Crippen molar-refractivity contribution < 1.29 is 9.09 Å². The zero-order valence-electron chi connectivity index (χ0n) is 13.4. The van der Waals surface area contributed by atoms with E-state index in [1.807, 2.05) is 42.6 Å². The number of nitrogens with zero attached hydrogens (tertiary/aromatic N) is 1. The molecule has 0 bridgehead atoms. The summed E-state index contributed by atoms with van der Waals surface area (Å²) >= 11 is 0. The van der Waals surface area contributed by atoms with Crippen LogP contribution in [0.3, 0.4) is 0 Å². The van der Waals surface area contributed by atoms with E-state index in [0.717, 1.165) is 30.3 Å². The Hall–Kier alpha value is -1.90. The van der Waals surface area contributed by atoms with Gasteiger partial charge in [-0.2, -0.15) is 5.10 Å². The monoisotopic (exact) mass is 330 g/mol. The van der Waals surface area contributed by atoms with E-state index in [0.29, 0.717) is 6.16 Å². The summed E-state index contributed by atoms with van der Waals surface area (Å²) in [5.41, 5.74) is 5.17. The van der Waals surface area contributed by atoms with Crippen molar-refractivity contribution in [1.29, 1.82) is 0 Å². The van der Waals surface area contributed by atoms with Gasteiger partial charge in [0, 0.05) is 12.4 Å². The van der Waals surface area contributed by atoms with Gasteiger partial charge in [-0.25, -0.2) is 0 Å². The van der Waals surface area contributed by atoms with E-state index in [9.17, 15) is 4.57 Å². The van der Waals surface area contributed by atoms with Crippen molar-refractivity contribution in [2.75, 3.05) is 19.8 Å². The summed E-state index contributed by atoms with van der Waals surface area (Å²) in [7, 11) is -1.36.